The first-order valence-electron chi connectivity index (χ1n) is 11.6. The molecule has 4 nitrogen and oxygen atoms in total. The van der Waals surface area contributed by atoms with Crippen LogP contribution >= 0.6 is 0 Å². The predicted molar refractivity (Wildman–Crippen MR) is 120 cm³/mol. The summed E-state index contributed by atoms with van der Waals surface area (Å²) in [6.07, 6.45) is 13.2. The van der Waals surface area contributed by atoms with Gasteiger partial charge in [-0.05, 0) is 68.8 Å². The number of hydrogen-bond acceptors (Lipinski definition) is 3. The van der Waals surface area contributed by atoms with E-state index in [1.165, 1.54) is 18.2 Å². The lowest BCUT2D eigenvalue weighted by molar-refractivity contribution is -0.690. The lowest BCUT2D eigenvalue weighted by Crippen LogP contribution is -2.53. The lowest BCUT2D eigenvalue weighted by Gasteiger charge is -2.57. The molecule has 2 aromatic rings. The minimum Gasteiger partial charge on any atom is -0.469 e. The van der Waals surface area contributed by atoms with E-state index in [1.807, 2.05) is 24.5 Å². The molecule has 0 amide bonds. The number of fused-ring (bicyclic) bond motifs is 1. The van der Waals surface area contributed by atoms with Crippen LogP contribution in [0, 0.1) is 22.7 Å². The highest BCUT2D eigenvalue weighted by Crippen LogP contribution is 2.62. The maximum absolute atomic E-state index is 12.8. The number of aryl methyl sites for hydroxylation is 1. The Morgan fingerprint density at radius 3 is 2.77 bits per heavy atom. The molecule has 166 valence electrons. The second-order valence-corrected chi connectivity index (χ2v) is 10.0. The fourth-order valence-corrected chi connectivity index (χ4v) is 6.69. The van der Waals surface area contributed by atoms with Crippen LogP contribution in [0.3, 0.4) is 0 Å². The van der Waals surface area contributed by atoms with Crippen molar-refractivity contribution in [2.45, 2.75) is 65.3 Å². The van der Waals surface area contributed by atoms with Crippen molar-refractivity contribution in [2.75, 3.05) is 7.11 Å². The van der Waals surface area contributed by atoms with Gasteiger partial charge in [0.25, 0.3) is 0 Å². The highest BCUT2D eigenvalue weighted by atomic mass is 16.5. The summed E-state index contributed by atoms with van der Waals surface area (Å²) in [5.41, 5.74) is 2.34. The minimum atomic E-state index is -0.383. The molecule has 4 rings (SSSR count). The largest absolute Gasteiger partial charge is 0.469 e. The van der Waals surface area contributed by atoms with Gasteiger partial charge in [-0.2, -0.15) is 4.57 Å². The Balaban J connectivity index is 1.53. The quantitative estimate of drug-likeness (QED) is 0.351. The van der Waals surface area contributed by atoms with Gasteiger partial charge in [0.2, 0.25) is 6.54 Å². The van der Waals surface area contributed by atoms with Crippen LogP contribution in [-0.4, -0.2) is 13.1 Å². The maximum Gasteiger partial charge on any atom is 0.311 e. The molecule has 0 radical (unpaired) electrons. The van der Waals surface area contributed by atoms with Crippen LogP contribution in [0.15, 0.2) is 59.5 Å². The van der Waals surface area contributed by atoms with Crippen LogP contribution < -0.4 is 4.57 Å². The molecule has 2 saturated carbocycles. The molecule has 0 aliphatic heterocycles. The third-order valence-electron chi connectivity index (χ3n) is 8.31. The van der Waals surface area contributed by atoms with E-state index < -0.39 is 0 Å². The number of furan rings is 1. The van der Waals surface area contributed by atoms with Gasteiger partial charge in [0.05, 0.1) is 18.8 Å². The molecule has 0 unspecified atom stereocenters. The van der Waals surface area contributed by atoms with E-state index in [0.717, 1.165) is 57.3 Å². The second kappa shape index (κ2) is 8.64. The van der Waals surface area contributed by atoms with Crippen molar-refractivity contribution >= 4 is 5.97 Å². The summed E-state index contributed by atoms with van der Waals surface area (Å²) in [6, 6.07) is 8.22. The van der Waals surface area contributed by atoms with Crippen LogP contribution in [0.2, 0.25) is 0 Å². The summed E-state index contributed by atoms with van der Waals surface area (Å²) in [5, 5.41) is 0. The predicted octanol–water partition coefficient (Wildman–Crippen LogP) is 5.50. The summed E-state index contributed by atoms with van der Waals surface area (Å²) in [5.74, 6) is 1.76. The highest BCUT2D eigenvalue weighted by molar-refractivity contribution is 5.77. The maximum atomic E-state index is 12.8. The Kier molecular flexibility index (Phi) is 6.09. The Hall–Kier alpha value is -2.36. The van der Waals surface area contributed by atoms with Gasteiger partial charge < -0.3 is 9.15 Å². The zero-order chi connectivity index (χ0) is 22.1. The molecule has 0 bridgehead atoms. The molecule has 31 heavy (non-hydrogen) atoms. The van der Waals surface area contributed by atoms with Crippen LogP contribution in [0.1, 0.15) is 63.7 Å². The molecule has 2 aromatic heterocycles. The van der Waals surface area contributed by atoms with Crippen LogP contribution in [0.25, 0.3) is 0 Å². The molecule has 0 N–H and O–H groups in total. The van der Waals surface area contributed by atoms with Crippen LogP contribution in [0.4, 0.5) is 0 Å². The van der Waals surface area contributed by atoms with E-state index in [4.69, 9.17) is 9.15 Å². The van der Waals surface area contributed by atoms with Crippen molar-refractivity contribution in [3.05, 3.63) is 66.4 Å². The normalized spacial score (nSPS) is 30.6. The molecule has 4 heteroatoms. The Morgan fingerprint density at radius 2 is 2.03 bits per heavy atom. The molecule has 2 aliphatic carbocycles. The number of allylic oxidation sites excluding steroid dienone is 1. The zero-order valence-electron chi connectivity index (χ0n) is 19.2. The van der Waals surface area contributed by atoms with Crippen molar-refractivity contribution in [3.63, 3.8) is 0 Å². The van der Waals surface area contributed by atoms with E-state index in [0.29, 0.717) is 11.8 Å². The summed E-state index contributed by atoms with van der Waals surface area (Å²) in [7, 11) is 1.53. The molecule has 0 spiro atoms. The van der Waals surface area contributed by atoms with Gasteiger partial charge in [0, 0.05) is 17.7 Å². The zero-order valence-corrected chi connectivity index (χ0v) is 19.2. The molecular weight excluding hydrogens is 386 g/mol. The smallest absolute Gasteiger partial charge is 0.311 e. The Morgan fingerprint density at radius 1 is 1.26 bits per heavy atom. The van der Waals surface area contributed by atoms with E-state index in [2.05, 4.69) is 43.5 Å². The SMILES string of the molecule is C=C1CC[C@@H]2[C@](C)(CCC[C@@]2(C)C(=O)OC)[C@H]1CCc1ccoc1C[n+]1ccccc1. The van der Waals surface area contributed by atoms with Gasteiger partial charge in [0.1, 0.15) is 0 Å². The van der Waals surface area contributed by atoms with Crippen molar-refractivity contribution in [1.82, 2.24) is 0 Å². The van der Waals surface area contributed by atoms with Gasteiger partial charge in [-0.15, -0.1) is 0 Å². The van der Waals surface area contributed by atoms with E-state index >= 15 is 0 Å². The third kappa shape index (κ3) is 3.97. The summed E-state index contributed by atoms with van der Waals surface area (Å²) < 4.78 is 13.2. The molecule has 0 saturated heterocycles. The fourth-order valence-electron chi connectivity index (χ4n) is 6.69. The lowest BCUT2D eigenvalue weighted by atomic mass is 9.46. The number of aromatic nitrogens is 1. The summed E-state index contributed by atoms with van der Waals surface area (Å²) in [6.45, 7) is 9.78. The number of ether oxygens (including phenoxy) is 1. The number of hydrogen-bond donors (Lipinski definition) is 0. The fraction of sp³-hybridized carbons (Fsp3) is 0.556. The average Bonchev–Trinajstić information content (AvgIpc) is 3.20. The van der Waals surface area contributed by atoms with Crippen molar-refractivity contribution in [3.8, 4) is 0 Å². The van der Waals surface area contributed by atoms with E-state index in [1.54, 1.807) is 0 Å². The molecule has 0 aromatic carbocycles. The first kappa shape index (κ1) is 21.9. The van der Waals surface area contributed by atoms with E-state index in [9.17, 15) is 4.79 Å². The highest BCUT2D eigenvalue weighted by Gasteiger charge is 2.57. The number of pyridine rings is 1. The van der Waals surface area contributed by atoms with Gasteiger partial charge in [0.15, 0.2) is 18.2 Å². The molecule has 4 atom stereocenters. The standard InChI is InChI=1S/C27H36NO3/c1-20-9-12-24-26(2,14-8-15-27(24,3)25(29)30-4)22(20)11-10-21-13-18-31-23(21)19-28-16-6-5-7-17-28/h5-7,13,16-18,22,24H,1,8-12,14-15,19H2,2-4H3/q+1/t22-,24+,26+,27+/m0/s1. The van der Waals surface area contributed by atoms with Gasteiger partial charge >= 0.3 is 5.97 Å². The average molecular weight is 423 g/mol. The number of nitrogens with zero attached hydrogens (tertiary/aromatic N) is 1. The van der Waals surface area contributed by atoms with Gasteiger partial charge in [-0.1, -0.05) is 31.6 Å². The number of carbonyl (C=O) groups is 1. The van der Waals surface area contributed by atoms with Crippen molar-refractivity contribution in [1.29, 1.82) is 0 Å². The molecular formula is C27H36NO3+. The van der Waals surface area contributed by atoms with Crippen molar-refractivity contribution in [2.24, 2.45) is 22.7 Å². The second-order valence-electron chi connectivity index (χ2n) is 10.0. The molecule has 2 fully saturated rings. The Labute approximate surface area is 186 Å². The first-order valence-corrected chi connectivity index (χ1v) is 11.6. The number of esters is 1. The van der Waals surface area contributed by atoms with Crippen LogP contribution in [0.5, 0.6) is 0 Å². The van der Waals surface area contributed by atoms with Crippen LogP contribution in [-0.2, 0) is 22.5 Å². The van der Waals surface area contributed by atoms with Crippen molar-refractivity contribution < 1.29 is 18.5 Å². The molecule has 2 aliphatic rings. The number of rotatable bonds is 6. The van der Waals surface area contributed by atoms with Gasteiger partial charge in [-0.3, -0.25) is 4.79 Å². The number of methoxy groups -OCH3 is 1. The summed E-state index contributed by atoms with van der Waals surface area (Å²) >= 11 is 0. The third-order valence-corrected chi connectivity index (χ3v) is 8.31. The first-order chi connectivity index (χ1) is 14.9. The minimum absolute atomic E-state index is 0.0355. The Bertz CT molecular complexity index is 933. The van der Waals surface area contributed by atoms with Gasteiger partial charge in [-0.25, -0.2) is 0 Å². The topological polar surface area (TPSA) is 43.3 Å². The summed E-state index contributed by atoms with van der Waals surface area (Å²) in [4.78, 5) is 12.8. The monoisotopic (exact) mass is 422 g/mol. The van der Waals surface area contributed by atoms with E-state index in [-0.39, 0.29) is 16.8 Å². The number of carbonyl (C=O) groups excluding carboxylic acids is 1. The molecule has 2 heterocycles.